The topological polar surface area (TPSA) is 76.8 Å². The smallest absolute Gasteiger partial charge is 0.318 e. The summed E-state index contributed by atoms with van der Waals surface area (Å²) in [5.41, 5.74) is 3.97. The fourth-order valence-electron chi connectivity index (χ4n) is 3.57. The SMILES string of the molecule is CC[C@@H](NC(=O)N1CCc2[nH]c3ccc(F)cc3c2C1)c1ncc(C)[nH]1. The maximum atomic E-state index is 13.6. The number of nitrogens with zero attached hydrogens (tertiary/aromatic N) is 2. The first kappa shape index (κ1) is 16.6. The largest absolute Gasteiger partial charge is 0.358 e. The molecule has 0 aliphatic carbocycles. The van der Waals surface area contributed by atoms with E-state index in [0.717, 1.165) is 46.5 Å². The minimum atomic E-state index is -0.264. The lowest BCUT2D eigenvalue weighted by atomic mass is 10.0. The number of hydrogen-bond donors (Lipinski definition) is 3. The monoisotopic (exact) mass is 355 g/mol. The molecule has 0 saturated carbocycles. The molecule has 6 nitrogen and oxygen atoms in total. The van der Waals surface area contributed by atoms with Gasteiger partial charge in [-0.15, -0.1) is 0 Å². The normalized spacial score (nSPS) is 15.1. The van der Waals surface area contributed by atoms with E-state index in [0.29, 0.717) is 13.1 Å². The molecular formula is C19H22FN5O. The lowest BCUT2D eigenvalue weighted by Gasteiger charge is -2.29. The molecule has 1 aliphatic heterocycles. The highest BCUT2D eigenvalue weighted by Crippen LogP contribution is 2.28. The second-order valence-corrected chi connectivity index (χ2v) is 6.81. The average Bonchev–Trinajstić information content (AvgIpc) is 3.22. The molecule has 4 rings (SSSR count). The van der Waals surface area contributed by atoms with Gasteiger partial charge in [-0.1, -0.05) is 6.92 Å². The first-order chi connectivity index (χ1) is 12.5. The molecule has 0 unspecified atom stereocenters. The number of imidazole rings is 1. The van der Waals surface area contributed by atoms with Gasteiger partial charge in [0.15, 0.2) is 0 Å². The molecule has 0 saturated heterocycles. The zero-order chi connectivity index (χ0) is 18.3. The predicted molar refractivity (Wildman–Crippen MR) is 97.3 cm³/mol. The molecule has 26 heavy (non-hydrogen) atoms. The fraction of sp³-hybridized carbons (Fsp3) is 0.368. The number of carbonyl (C=O) groups is 1. The Morgan fingerprint density at radius 3 is 3.00 bits per heavy atom. The van der Waals surface area contributed by atoms with E-state index in [1.807, 2.05) is 13.8 Å². The lowest BCUT2D eigenvalue weighted by molar-refractivity contribution is 0.187. The molecule has 3 heterocycles. The van der Waals surface area contributed by atoms with Gasteiger partial charge in [0, 0.05) is 53.6 Å². The fourth-order valence-corrected chi connectivity index (χ4v) is 3.57. The molecule has 1 atom stereocenters. The zero-order valence-electron chi connectivity index (χ0n) is 14.9. The van der Waals surface area contributed by atoms with E-state index in [9.17, 15) is 9.18 Å². The summed E-state index contributed by atoms with van der Waals surface area (Å²) in [6.07, 6.45) is 3.24. The third-order valence-electron chi connectivity index (χ3n) is 4.98. The third-order valence-corrected chi connectivity index (χ3v) is 4.98. The van der Waals surface area contributed by atoms with Crippen LogP contribution in [0.4, 0.5) is 9.18 Å². The Labute approximate surface area is 150 Å². The Balaban J connectivity index is 1.53. The number of aromatic amines is 2. The van der Waals surface area contributed by atoms with Crippen LogP contribution >= 0.6 is 0 Å². The quantitative estimate of drug-likeness (QED) is 0.672. The van der Waals surface area contributed by atoms with Crippen LogP contribution in [0.5, 0.6) is 0 Å². The van der Waals surface area contributed by atoms with Gasteiger partial charge in [0.2, 0.25) is 0 Å². The van der Waals surface area contributed by atoms with Crippen LogP contribution in [0.3, 0.4) is 0 Å². The lowest BCUT2D eigenvalue weighted by Crippen LogP contribution is -2.44. The first-order valence-electron chi connectivity index (χ1n) is 8.91. The van der Waals surface area contributed by atoms with E-state index in [1.165, 1.54) is 12.1 Å². The van der Waals surface area contributed by atoms with Gasteiger partial charge in [0.25, 0.3) is 0 Å². The number of carbonyl (C=O) groups excluding carboxylic acids is 1. The van der Waals surface area contributed by atoms with Gasteiger partial charge in [-0.2, -0.15) is 0 Å². The van der Waals surface area contributed by atoms with Crippen LogP contribution in [-0.2, 0) is 13.0 Å². The van der Waals surface area contributed by atoms with E-state index in [-0.39, 0.29) is 17.9 Å². The minimum absolute atomic E-state index is 0.123. The number of nitrogens with one attached hydrogen (secondary N) is 3. The summed E-state index contributed by atoms with van der Waals surface area (Å²) in [6.45, 7) is 5.05. The average molecular weight is 355 g/mol. The van der Waals surface area contributed by atoms with Crippen LogP contribution in [0, 0.1) is 12.7 Å². The molecule has 2 amide bonds. The summed E-state index contributed by atoms with van der Waals surface area (Å²) in [6, 6.07) is 4.46. The maximum Gasteiger partial charge on any atom is 0.318 e. The van der Waals surface area contributed by atoms with Crippen molar-refractivity contribution in [1.82, 2.24) is 25.2 Å². The molecule has 2 aromatic heterocycles. The predicted octanol–water partition coefficient (Wildman–Crippen LogP) is 3.56. The molecule has 1 aliphatic rings. The third kappa shape index (κ3) is 2.94. The maximum absolute atomic E-state index is 13.6. The molecule has 3 aromatic rings. The molecule has 0 radical (unpaired) electrons. The van der Waals surface area contributed by atoms with Crippen LogP contribution in [0.2, 0.25) is 0 Å². The molecule has 0 bridgehead atoms. The second kappa shape index (κ2) is 6.48. The highest BCUT2D eigenvalue weighted by molar-refractivity contribution is 5.86. The molecule has 136 valence electrons. The summed E-state index contributed by atoms with van der Waals surface area (Å²) in [7, 11) is 0. The van der Waals surface area contributed by atoms with Crippen molar-refractivity contribution in [3.8, 4) is 0 Å². The Morgan fingerprint density at radius 2 is 2.27 bits per heavy atom. The van der Waals surface area contributed by atoms with Gasteiger partial charge < -0.3 is 20.2 Å². The van der Waals surface area contributed by atoms with Crippen molar-refractivity contribution in [3.63, 3.8) is 0 Å². The summed E-state index contributed by atoms with van der Waals surface area (Å²) in [5, 5.41) is 3.91. The van der Waals surface area contributed by atoms with Crippen molar-refractivity contribution >= 4 is 16.9 Å². The van der Waals surface area contributed by atoms with Gasteiger partial charge in [-0.25, -0.2) is 14.2 Å². The van der Waals surface area contributed by atoms with Gasteiger partial charge >= 0.3 is 6.03 Å². The number of rotatable bonds is 3. The summed E-state index contributed by atoms with van der Waals surface area (Å²) >= 11 is 0. The van der Waals surface area contributed by atoms with Crippen LogP contribution in [0.1, 0.15) is 42.2 Å². The van der Waals surface area contributed by atoms with E-state index in [2.05, 4.69) is 20.3 Å². The molecule has 7 heteroatoms. The number of urea groups is 1. The van der Waals surface area contributed by atoms with Crippen molar-refractivity contribution in [2.24, 2.45) is 0 Å². The van der Waals surface area contributed by atoms with Crippen LogP contribution in [0.15, 0.2) is 24.4 Å². The molecule has 1 aromatic carbocycles. The van der Waals surface area contributed by atoms with Crippen LogP contribution in [0.25, 0.3) is 10.9 Å². The van der Waals surface area contributed by atoms with Crippen molar-refractivity contribution in [3.05, 3.63) is 53.0 Å². The summed E-state index contributed by atoms with van der Waals surface area (Å²) in [5.74, 6) is 0.505. The number of fused-ring (bicyclic) bond motifs is 3. The van der Waals surface area contributed by atoms with Crippen molar-refractivity contribution < 1.29 is 9.18 Å². The Morgan fingerprint density at radius 1 is 1.42 bits per heavy atom. The molecule has 0 fully saturated rings. The van der Waals surface area contributed by atoms with Gasteiger partial charge in [0.05, 0.1) is 6.04 Å². The number of H-pyrrole nitrogens is 2. The molecular weight excluding hydrogens is 333 g/mol. The Hall–Kier alpha value is -2.83. The Kier molecular flexibility index (Phi) is 4.14. The van der Waals surface area contributed by atoms with Crippen molar-refractivity contribution in [2.45, 2.75) is 39.3 Å². The number of amides is 2. The van der Waals surface area contributed by atoms with E-state index in [4.69, 9.17) is 0 Å². The zero-order valence-corrected chi connectivity index (χ0v) is 14.9. The van der Waals surface area contributed by atoms with E-state index >= 15 is 0 Å². The summed E-state index contributed by atoms with van der Waals surface area (Å²) in [4.78, 5) is 25.4. The van der Waals surface area contributed by atoms with Gasteiger partial charge in [0.1, 0.15) is 11.6 Å². The van der Waals surface area contributed by atoms with Crippen molar-refractivity contribution in [2.75, 3.05) is 6.54 Å². The van der Waals surface area contributed by atoms with Crippen LogP contribution < -0.4 is 5.32 Å². The standard InChI is InChI=1S/C19H22FN5O/c1-3-15(18-21-9-11(2)22-18)24-19(26)25-7-6-17-14(10-25)13-8-12(20)4-5-16(13)23-17/h4-5,8-9,15,23H,3,6-7,10H2,1-2H3,(H,21,22)(H,24,26)/t15-/m1/s1. The van der Waals surface area contributed by atoms with Gasteiger partial charge in [-0.3, -0.25) is 0 Å². The number of halogens is 1. The van der Waals surface area contributed by atoms with E-state index < -0.39 is 0 Å². The number of aromatic nitrogens is 3. The molecule has 3 N–H and O–H groups in total. The van der Waals surface area contributed by atoms with Gasteiger partial charge in [-0.05, 0) is 31.5 Å². The number of hydrogen-bond acceptors (Lipinski definition) is 2. The summed E-state index contributed by atoms with van der Waals surface area (Å²) < 4.78 is 13.6. The minimum Gasteiger partial charge on any atom is -0.358 e. The van der Waals surface area contributed by atoms with Crippen LogP contribution in [-0.4, -0.2) is 32.4 Å². The van der Waals surface area contributed by atoms with E-state index in [1.54, 1.807) is 17.2 Å². The highest BCUT2D eigenvalue weighted by Gasteiger charge is 2.26. The number of aryl methyl sites for hydroxylation is 1. The molecule has 0 spiro atoms. The van der Waals surface area contributed by atoms with Crippen molar-refractivity contribution in [1.29, 1.82) is 0 Å². The Bertz CT molecular complexity index is 960. The first-order valence-corrected chi connectivity index (χ1v) is 8.91. The highest BCUT2D eigenvalue weighted by atomic mass is 19.1. The second-order valence-electron chi connectivity index (χ2n) is 6.81. The number of benzene rings is 1.